The molecule has 0 aromatic heterocycles. The van der Waals surface area contributed by atoms with Gasteiger partial charge in [0, 0.05) is 0 Å². The van der Waals surface area contributed by atoms with Gasteiger partial charge in [-0.05, 0) is 31.4 Å². The van der Waals surface area contributed by atoms with Crippen molar-refractivity contribution in [3.8, 4) is 5.75 Å². The van der Waals surface area contributed by atoms with E-state index >= 15 is 0 Å². The second kappa shape index (κ2) is 4.40. The molecule has 1 aliphatic rings. The van der Waals surface area contributed by atoms with E-state index in [9.17, 15) is 4.79 Å². The van der Waals surface area contributed by atoms with Crippen LogP contribution in [0.5, 0.6) is 5.75 Å². The lowest BCUT2D eigenvalue weighted by molar-refractivity contribution is -0.161. The van der Waals surface area contributed by atoms with Crippen LogP contribution in [0.15, 0.2) is 24.3 Å². The van der Waals surface area contributed by atoms with Crippen molar-refractivity contribution in [2.75, 3.05) is 0 Å². The summed E-state index contributed by atoms with van der Waals surface area (Å²) in [6, 6.07) is 7.60. The number of carbonyl (C=O) groups is 1. The average molecular weight is 232 g/mol. The van der Waals surface area contributed by atoms with Crippen LogP contribution in [0.2, 0.25) is 0 Å². The van der Waals surface area contributed by atoms with Crippen molar-refractivity contribution in [1.29, 1.82) is 0 Å². The Morgan fingerprint density at radius 1 is 1.35 bits per heavy atom. The highest BCUT2D eigenvalue weighted by Gasteiger charge is 2.54. The summed E-state index contributed by atoms with van der Waals surface area (Å²) in [7, 11) is 0. The quantitative estimate of drug-likeness (QED) is 0.810. The van der Waals surface area contributed by atoms with E-state index in [1.807, 2.05) is 38.1 Å². The molecule has 2 rings (SSSR count). The topological polar surface area (TPSA) is 38.3 Å². The van der Waals surface area contributed by atoms with Crippen molar-refractivity contribution in [1.82, 2.24) is 5.32 Å². The van der Waals surface area contributed by atoms with Crippen LogP contribution in [0.1, 0.15) is 32.3 Å². The van der Waals surface area contributed by atoms with Crippen LogP contribution in [0.25, 0.3) is 0 Å². The predicted molar refractivity (Wildman–Crippen MR) is 66.5 cm³/mol. The van der Waals surface area contributed by atoms with Crippen molar-refractivity contribution in [2.24, 2.45) is 5.41 Å². The minimum absolute atomic E-state index is 0.0917. The van der Waals surface area contributed by atoms with Gasteiger partial charge in [-0.2, -0.15) is 0 Å². The minimum Gasteiger partial charge on any atom is -0.469 e. The zero-order valence-electron chi connectivity index (χ0n) is 10.3. The van der Waals surface area contributed by atoms with Crippen LogP contribution in [0.3, 0.4) is 0 Å². The van der Waals surface area contributed by atoms with Gasteiger partial charge in [-0.25, -0.2) is 0 Å². The summed E-state index contributed by atoms with van der Waals surface area (Å²) in [6.45, 7) is 7.96. The molecule has 0 aliphatic carbocycles. The fourth-order valence-electron chi connectivity index (χ4n) is 2.27. The summed E-state index contributed by atoms with van der Waals surface area (Å²) >= 11 is 0. The standard InChI is InChI=1S/C14H18NO2/c1-4-14(5-2)12(16)15-13(14)17-11-9-7-6-8-10(11)3/h6-9,13H,3-5H2,1-2H3,(H,15,16). The summed E-state index contributed by atoms with van der Waals surface area (Å²) in [6.07, 6.45) is 1.35. The summed E-state index contributed by atoms with van der Waals surface area (Å²) in [5.41, 5.74) is 0.470. The number of benzene rings is 1. The SMILES string of the molecule is [CH2]c1ccccc1OC1NC(=O)C1(CC)CC. The first-order valence-electron chi connectivity index (χ1n) is 6.02. The van der Waals surface area contributed by atoms with Gasteiger partial charge in [0.1, 0.15) is 11.2 Å². The maximum Gasteiger partial charge on any atom is 0.234 e. The molecule has 1 heterocycles. The molecule has 1 aromatic rings. The third-order valence-corrected chi connectivity index (χ3v) is 3.70. The molecule has 0 saturated carbocycles. The fourth-order valence-corrected chi connectivity index (χ4v) is 2.27. The second-order valence-corrected chi connectivity index (χ2v) is 4.44. The Labute approximate surface area is 102 Å². The molecule has 0 bridgehead atoms. The van der Waals surface area contributed by atoms with Crippen LogP contribution in [0, 0.1) is 12.3 Å². The minimum atomic E-state index is -0.373. The van der Waals surface area contributed by atoms with Crippen molar-refractivity contribution >= 4 is 5.91 Å². The zero-order valence-corrected chi connectivity index (χ0v) is 10.3. The van der Waals surface area contributed by atoms with Crippen LogP contribution in [-0.4, -0.2) is 12.1 Å². The van der Waals surface area contributed by atoms with E-state index in [-0.39, 0.29) is 17.6 Å². The van der Waals surface area contributed by atoms with Crippen LogP contribution >= 0.6 is 0 Å². The third kappa shape index (κ3) is 1.79. The number of amides is 1. The lowest BCUT2D eigenvalue weighted by Gasteiger charge is -2.47. The predicted octanol–water partition coefficient (Wildman–Crippen LogP) is 2.51. The van der Waals surface area contributed by atoms with Gasteiger partial charge in [-0.1, -0.05) is 32.0 Å². The van der Waals surface area contributed by atoms with Gasteiger partial charge in [0.25, 0.3) is 0 Å². The molecule has 1 fully saturated rings. The van der Waals surface area contributed by atoms with E-state index in [1.54, 1.807) is 0 Å². The maximum absolute atomic E-state index is 11.7. The van der Waals surface area contributed by atoms with E-state index in [2.05, 4.69) is 12.2 Å². The van der Waals surface area contributed by atoms with E-state index in [0.29, 0.717) is 0 Å². The highest BCUT2D eigenvalue weighted by molar-refractivity contribution is 5.89. The number of hydrogen-bond donors (Lipinski definition) is 1. The highest BCUT2D eigenvalue weighted by Crippen LogP contribution is 2.39. The van der Waals surface area contributed by atoms with Gasteiger partial charge in [0.15, 0.2) is 6.23 Å². The first-order valence-corrected chi connectivity index (χ1v) is 6.02. The van der Waals surface area contributed by atoms with E-state index in [4.69, 9.17) is 4.74 Å². The Hall–Kier alpha value is -1.51. The smallest absolute Gasteiger partial charge is 0.234 e. The molecule has 1 aliphatic heterocycles. The fraction of sp³-hybridized carbons (Fsp3) is 0.429. The highest BCUT2D eigenvalue weighted by atomic mass is 16.5. The number of rotatable bonds is 4. The van der Waals surface area contributed by atoms with Gasteiger partial charge in [-0.15, -0.1) is 0 Å². The lowest BCUT2D eigenvalue weighted by Crippen LogP contribution is -2.69. The first kappa shape index (κ1) is 12.0. The van der Waals surface area contributed by atoms with E-state index in [0.717, 1.165) is 24.2 Å². The van der Waals surface area contributed by atoms with E-state index in [1.165, 1.54) is 0 Å². The molecule has 1 N–H and O–H groups in total. The van der Waals surface area contributed by atoms with Crippen molar-refractivity contribution in [3.63, 3.8) is 0 Å². The third-order valence-electron chi connectivity index (χ3n) is 3.70. The Kier molecular flexibility index (Phi) is 3.09. The van der Waals surface area contributed by atoms with Crippen molar-refractivity contribution < 1.29 is 9.53 Å². The molecule has 3 heteroatoms. The summed E-state index contributed by atoms with van der Waals surface area (Å²) < 4.78 is 5.85. The number of ether oxygens (including phenoxy) is 1. The van der Waals surface area contributed by atoms with Crippen LogP contribution in [-0.2, 0) is 4.79 Å². The number of β-lactam (4-membered cyclic amide) rings is 1. The van der Waals surface area contributed by atoms with Gasteiger partial charge in [-0.3, -0.25) is 4.79 Å². The zero-order chi connectivity index (χ0) is 12.5. The Bertz CT molecular complexity index is 424. The van der Waals surface area contributed by atoms with Gasteiger partial charge < -0.3 is 10.1 Å². The molecular weight excluding hydrogens is 214 g/mol. The Balaban J connectivity index is 2.16. The number of para-hydroxylation sites is 1. The Morgan fingerprint density at radius 3 is 2.53 bits per heavy atom. The average Bonchev–Trinajstić information content (AvgIpc) is 2.33. The molecule has 91 valence electrons. The van der Waals surface area contributed by atoms with Crippen LogP contribution < -0.4 is 10.1 Å². The summed E-state index contributed by atoms with van der Waals surface area (Å²) in [5, 5.41) is 2.82. The molecule has 1 atom stereocenters. The molecule has 1 unspecified atom stereocenters. The van der Waals surface area contributed by atoms with Crippen molar-refractivity contribution in [2.45, 2.75) is 32.9 Å². The summed E-state index contributed by atoms with van der Waals surface area (Å²) in [4.78, 5) is 11.7. The van der Waals surface area contributed by atoms with Gasteiger partial charge >= 0.3 is 0 Å². The lowest BCUT2D eigenvalue weighted by atomic mass is 9.73. The molecule has 1 amide bonds. The number of hydrogen-bond acceptors (Lipinski definition) is 2. The first-order chi connectivity index (χ1) is 8.14. The molecule has 3 nitrogen and oxygen atoms in total. The molecular formula is C14H18NO2. The van der Waals surface area contributed by atoms with Crippen molar-refractivity contribution in [3.05, 3.63) is 36.8 Å². The molecule has 17 heavy (non-hydrogen) atoms. The summed E-state index contributed by atoms with van der Waals surface area (Å²) in [5.74, 6) is 0.831. The van der Waals surface area contributed by atoms with Crippen LogP contribution in [0.4, 0.5) is 0 Å². The number of nitrogens with one attached hydrogen (secondary N) is 1. The van der Waals surface area contributed by atoms with Gasteiger partial charge in [0.2, 0.25) is 5.91 Å². The second-order valence-electron chi connectivity index (χ2n) is 4.44. The molecule has 1 saturated heterocycles. The largest absolute Gasteiger partial charge is 0.469 e. The Morgan fingerprint density at radius 2 is 2.00 bits per heavy atom. The number of carbonyl (C=O) groups excluding carboxylic acids is 1. The van der Waals surface area contributed by atoms with E-state index < -0.39 is 0 Å². The molecule has 1 aromatic carbocycles. The monoisotopic (exact) mass is 232 g/mol. The maximum atomic E-state index is 11.7. The molecule has 0 spiro atoms. The normalized spacial score (nSPS) is 21.6. The molecule has 1 radical (unpaired) electrons. The van der Waals surface area contributed by atoms with Gasteiger partial charge in [0.05, 0.1) is 0 Å².